The third kappa shape index (κ3) is 4.37. The molecule has 0 spiro atoms. The van der Waals surface area contributed by atoms with E-state index in [1.165, 1.54) is 16.2 Å². The molecule has 0 bridgehead atoms. The molecule has 1 N–H and O–H groups in total. The molecule has 0 atom stereocenters. The molecule has 2 aromatic carbocycles. The molecule has 1 aromatic heterocycles. The first kappa shape index (κ1) is 16.5. The highest BCUT2D eigenvalue weighted by Crippen LogP contribution is 2.26. The Bertz CT molecular complexity index is 801. The smallest absolute Gasteiger partial charge is 0.264 e. The van der Waals surface area contributed by atoms with Gasteiger partial charge in [-0.05, 0) is 30.5 Å². The number of ether oxygens (including phenoxy) is 1. The number of hydrogen-bond acceptors (Lipinski definition) is 5. The number of benzene rings is 2. The number of thioether (sulfide) groups is 1. The molecule has 0 fully saturated rings. The van der Waals surface area contributed by atoms with Gasteiger partial charge in [0.2, 0.25) is 0 Å². The molecule has 0 aliphatic rings. The molecule has 0 aliphatic carbocycles. The second-order valence-electron chi connectivity index (χ2n) is 4.92. The fraction of sp³-hybridized carbons (Fsp3) is 0.111. The summed E-state index contributed by atoms with van der Waals surface area (Å²) in [6.07, 6.45) is 2.04. The van der Waals surface area contributed by atoms with Gasteiger partial charge in [0.1, 0.15) is 5.75 Å². The van der Waals surface area contributed by atoms with Crippen molar-refractivity contribution in [2.24, 2.45) is 0 Å². The fourth-order valence-electron chi connectivity index (χ4n) is 2.05. The predicted molar refractivity (Wildman–Crippen MR) is 99.9 cm³/mol. The SMILES string of the molecule is CSc1ccc(-c2csc(NC(=O)COc3ccccc3)n2)cc1. The number of carbonyl (C=O) groups excluding carboxylic acids is 1. The topological polar surface area (TPSA) is 51.2 Å². The van der Waals surface area contributed by atoms with Gasteiger partial charge in [0.05, 0.1) is 5.69 Å². The zero-order chi connectivity index (χ0) is 16.8. The maximum absolute atomic E-state index is 11.9. The maximum atomic E-state index is 11.9. The Labute approximate surface area is 148 Å². The second kappa shape index (κ2) is 7.99. The summed E-state index contributed by atoms with van der Waals surface area (Å²) < 4.78 is 5.42. The first-order chi connectivity index (χ1) is 11.7. The van der Waals surface area contributed by atoms with Gasteiger partial charge in [0, 0.05) is 15.8 Å². The van der Waals surface area contributed by atoms with Crippen molar-refractivity contribution >= 4 is 34.1 Å². The summed E-state index contributed by atoms with van der Waals surface area (Å²) in [5.74, 6) is 0.443. The molecular weight excluding hydrogens is 340 g/mol. The molecule has 1 heterocycles. The third-order valence-corrected chi connectivity index (χ3v) is 4.75. The van der Waals surface area contributed by atoms with Crippen molar-refractivity contribution in [2.75, 3.05) is 18.2 Å². The van der Waals surface area contributed by atoms with Gasteiger partial charge in [0.15, 0.2) is 11.7 Å². The van der Waals surface area contributed by atoms with Crippen molar-refractivity contribution in [3.8, 4) is 17.0 Å². The molecule has 1 amide bonds. The van der Waals surface area contributed by atoms with Crippen molar-refractivity contribution in [3.63, 3.8) is 0 Å². The maximum Gasteiger partial charge on any atom is 0.264 e. The summed E-state index contributed by atoms with van der Waals surface area (Å²) in [5.41, 5.74) is 1.89. The molecule has 0 aliphatic heterocycles. The van der Waals surface area contributed by atoms with Crippen LogP contribution in [0.1, 0.15) is 0 Å². The van der Waals surface area contributed by atoms with Gasteiger partial charge >= 0.3 is 0 Å². The van der Waals surface area contributed by atoms with Crippen LogP contribution in [0.4, 0.5) is 5.13 Å². The Balaban J connectivity index is 1.58. The van der Waals surface area contributed by atoms with Crippen molar-refractivity contribution in [2.45, 2.75) is 4.90 Å². The molecule has 24 heavy (non-hydrogen) atoms. The number of carbonyl (C=O) groups is 1. The first-order valence-electron chi connectivity index (χ1n) is 7.32. The highest BCUT2D eigenvalue weighted by atomic mass is 32.2. The van der Waals surface area contributed by atoms with Crippen molar-refractivity contribution in [1.82, 2.24) is 4.98 Å². The normalized spacial score (nSPS) is 10.4. The Kier molecular flexibility index (Phi) is 5.51. The third-order valence-electron chi connectivity index (χ3n) is 3.25. The van der Waals surface area contributed by atoms with Gasteiger partial charge in [-0.25, -0.2) is 4.98 Å². The van der Waals surface area contributed by atoms with E-state index < -0.39 is 0 Å². The Morgan fingerprint density at radius 3 is 2.62 bits per heavy atom. The molecule has 0 saturated carbocycles. The van der Waals surface area contributed by atoms with E-state index in [2.05, 4.69) is 22.4 Å². The minimum atomic E-state index is -0.225. The number of anilines is 1. The molecule has 122 valence electrons. The van der Waals surface area contributed by atoms with E-state index in [-0.39, 0.29) is 12.5 Å². The van der Waals surface area contributed by atoms with E-state index in [4.69, 9.17) is 4.74 Å². The summed E-state index contributed by atoms with van der Waals surface area (Å²) in [6, 6.07) is 17.4. The molecule has 6 heteroatoms. The van der Waals surface area contributed by atoms with E-state index in [0.717, 1.165) is 11.3 Å². The Hall–Kier alpha value is -2.31. The Morgan fingerprint density at radius 2 is 1.92 bits per heavy atom. The van der Waals surface area contributed by atoms with Crippen LogP contribution in [-0.4, -0.2) is 23.8 Å². The van der Waals surface area contributed by atoms with E-state index in [9.17, 15) is 4.79 Å². The molecular formula is C18H16N2O2S2. The van der Waals surface area contributed by atoms with Gasteiger partial charge in [-0.1, -0.05) is 30.3 Å². The number of nitrogens with zero attached hydrogens (tertiary/aromatic N) is 1. The van der Waals surface area contributed by atoms with Gasteiger partial charge in [0.25, 0.3) is 5.91 Å². The number of aromatic nitrogens is 1. The van der Waals surface area contributed by atoms with Crippen LogP contribution in [0.15, 0.2) is 64.9 Å². The largest absolute Gasteiger partial charge is 0.484 e. The second-order valence-corrected chi connectivity index (χ2v) is 6.65. The lowest BCUT2D eigenvalue weighted by Gasteiger charge is -2.05. The highest BCUT2D eigenvalue weighted by molar-refractivity contribution is 7.98. The molecule has 0 unspecified atom stereocenters. The number of hydrogen-bond donors (Lipinski definition) is 1. The van der Waals surface area contributed by atoms with Crippen LogP contribution in [0.3, 0.4) is 0 Å². The van der Waals surface area contributed by atoms with Crippen molar-refractivity contribution < 1.29 is 9.53 Å². The first-order valence-corrected chi connectivity index (χ1v) is 9.43. The average molecular weight is 356 g/mol. The lowest BCUT2D eigenvalue weighted by Crippen LogP contribution is -2.19. The van der Waals surface area contributed by atoms with Crippen LogP contribution in [0.25, 0.3) is 11.3 Å². The zero-order valence-corrected chi connectivity index (χ0v) is 14.7. The highest BCUT2D eigenvalue weighted by Gasteiger charge is 2.09. The Morgan fingerprint density at radius 1 is 1.17 bits per heavy atom. The van der Waals surface area contributed by atoms with E-state index in [1.807, 2.05) is 54.1 Å². The van der Waals surface area contributed by atoms with Crippen molar-refractivity contribution in [3.05, 3.63) is 60.0 Å². The lowest BCUT2D eigenvalue weighted by molar-refractivity contribution is -0.118. The fourth-order valence-corrected chi connectivity index (χ4v) is 3.19. The summed E-state index contributed by atoms with van der Waals surface area (Å²) in [6.45, 7) is -0.0403. The van der Waals surface area contributed by atoms with E-state index >= 15 is 0 Å². The number of para-hydroxylation sites is 1. The number of amides is 1. The quantitative estimate of drug-likeness (QED) is 0.658. The van der Waals surface area contributed by atoms with Crippen LogP contribution in [0.5, 0.6) is 5.75 Å². The summed E-state index contributed by atoms with van der Waals surface area (Å²) in [5, 5.41) is 5.27. The van der Waals surface area contributed by atoms with Crippen LogP contribution in [-0.2, 0) is 4.79 Å². The minimum Gasteiger partial charge on any atom is -0.484 e. The van der Waals surface area contributed by atoms with Crippen molar-refractivity contribution in [1.29, 1.82) is 0 Å². The van der Waals surface area contributed by atoms with E-state index in [1.54, 1.807) is 11.8 Å². The molecule has 3 rings (SSSR count). The number of thiazole rings is 1. The molecule has 3 aromatic rings. The van der Waals surface area contributed by atoms with Gasteiger partial charge in [-0.15, -0.1) is 23.1 Å². The van der Waals surface area contributed by atoms with Crippen LogP contribution >= 0.6 is 23.1 Å². The summed E-state index contributed by atoms with van der Waals surface area (Å²) >= 11 is 3.10. The molecule has 0 radical (unpaired) electrons. The monoisotopic (exact) mass is 356 g/mol. The standard InChI is InChI=1S/C18H16N2O2S2/c1-23-15-9-7-13(8-10-15)16-12-24-18(19-16)20-17(21)11-22-14-5-3-2-4-6-14/h2-10,12H,11H2,1H3,(H,19,20,21). The molecule has 4 nitrogen and oxygen atoms in total. The predicted octanol–water partition coefficient (Wildman–Crippen LogP) is 4.55. The number of nitrogens with one attached hydrogen (secondary N) is 1. The molecule has 0 saturated heterocycles. The summed E-state index contributed by atoms with van der Waals surface area (Å²) in [4.78, 5) is 17.6. The van der Waals surface area contributed by atoms with Crippen LogP contribution in [0, 0.1) is 0 Å². The zero-order valence-electron chi connectivity index (χ0n) is 13.1. The lowest BCUT2D eigenvalue weighted by atomic mass is 10.2. The van der Waals surface area contributed by atoms with Gasteiger partial charge in [-0.2, -0.15) is 0 Å². The minimum absolute atomic E-state index is 0.0403. The van der Waals surface area contributed by atoms with Gasteiger partial charge in [-0.3, -0.25) is 10.1 Å². The van der Waals surface area contributed by atoms with Crippen LogP contribution in [0.2, 0.25) is 0 Å². The van der Waals surface area contributed by atoms with Gasteiger partial charge < -0.3 is 4.74 Å². The number of rotatable bonds is 6. The van der Waals surface area contributed by atoms with E-state index in [0.29, 0.717) is 10.9 Å². The van der Waals surface area contributed by atoms with Crippen LogP contribution < -0.4 is 10.1 Å². The average Bonchev–Trinajstić information content (AvgIpc) is 3.09. The summed E-state index contributed by atoms with van der Waals surface area (Å²) in [7, 11) is 0.